The molecular formula is C14H27N3O3S. The normalized spacial score (nSPS) is 24.5. The highest BCUT2D eigenvalue weighted by atomic mass is 32.2. The van der Waals surface area contributed by atoms with Crippen LogP contribution in [0.25, 0.3) is 0 Å². The number of nitrogens with zero attached hydrogens (tertiary/aromatic N) is 1. The minimum Gasteiger partial charge on any atom is -0.355 e. The summed E-state index contributed by atoms with van der Waals surface area (Å²) in [5, 5.41) is 2.76. The average Bonchev–Trinajstić information content (AvgIpc) is 2.43. The summed E-state index contributed by atoms with van der Waals surface area (Å²) in [6, 6.07) is 0. The van der Waals surface area contributed by atoms with E-state index in [1.165, 1.54) is 23.6 Å². The van der Waals surface area contributed by atoms with Crippen LogP contribution in [-0.4, -0.2) is 50.6 Å². The molecule has 1 amide bonds. The van der Waals surface area contributed by atoms with Gasteiger partial charge in [0.05, 0.1) is 11.7 Å². The van der Waals surface area contributed by atoms with Crippen LogP contribution in [0.2, 0.25) is 0 Å². The van der Waals surface area contributed by atoms with E-state index in [0.717, 1.165) is 19.3 Å². The van der Waals surface area contributed by atoms with Crippen molar-refractivity contribution in [3.63, 3.8) is 0 Å². The first kappa shape index (κ1) is 16.7. The van der Waals surface area contributed by atoms with Gasteiger partial charge in [-0.3, -0.25) is 4.79 Å². The number of sulfonamides is 1. The van der Waals surface area contributed by atoms with E-state index in [-0.39, 0.29) is 17.6 Å². The molecule has 0 spiro atoms. The fourth-order valence-electron chi connectivity index (χ4n) is 2.97. The maximum atomic E-state index is 12.4. The second kappa shape index (κ2) is 7.56. The third-order valence-electron chi connectivity index (χ3n) is 4.60. The molecule has 0 radical (unpaired) electrons. The monoisotopic (exact) mass is 317 g/mol. The largest absolute Gasteiger partial charge is 0.355 e. The average molecular weight is 317 g/mol. The lowest BCUT2D eigenvalue weighted by Crippen LogP contribution is -2.46. The van der Waals surface area contributed by atoms with Crippen molar-refractivity contribution in [1.82, 2.24) is 9.62 Å². The summed E-state index contributed by atoms with van der Waals surface area (Å²) in [5.74, 6) is 0.519. The van der Waals surface area contributed by atoms with Crippen molar-refractivity contribution in [2.24, 2.45) is 17.6 Å². The van der Waals surface area contributed by atoms with Crippen molar-refractivity contribution in [1.29, 1.82) is 0 Å². The topological polar surface area (TPSA) is 92.5 Å². The molecule has 21 heavy (non-hydrogen) atoms. The Morgan fingerprint density at radius 1 is 1.24 bits per heavy atom. The zero-order chi connectivity index (χ0) is 15.3. The summed E-state index contributed by atoms with van der Waals surface area (Å²) in [6.07, 6.45) is 5.84. The molecule has 3 N–H and O–H groups in total. The Labute approximate surface area is 127 Å². The number of nitrogens with two attached hydrogens (primary N) is 1. The molecule has 1 aliphatic heterocycles. The van der Waals surface area contributed by atoms with E-state index in [0.29, 0.717) is 32.1 Å². The number of piperidine rings is 1. The fourth-order valence-corrected chi connectivity index (χ4v) is 4.68. The van der Waals surface area contributed by atoms with E-state index < -0.39 is 10.0 Å². The summed E-state index contributed by atoms with van der Waals surface area (Å²) in [7, 11) is -3.21. The van der Waals surface area contributed by atoms with Gasteiger partial charge in [0, 0.05) is 26.2 Å². The summed E-state index contributed by atoms with van der Waals surface area (Å²) in [6.45, 7) is 1.72. The standard InChI is InChI=1S/C14H27N3O3S/c15-7-8-16-14(18)13-5-2-9-17(11-13)21(19,20)10-6-12-3-1-4-12/h12-13H,1-11,15H2,(H,16,18). The van der Waals surface area contributed by atoms with Gasteiger partial charge in [-0.25, -0.2) is 12.7 Å². The highest BCUT2D eigenvalue weighted by Crippen LogP contribution is 2.30. The molecule has 1 aliphatic carbocycles. The minimum absolute atomic E-state index is 0.0701. The van der Waals surface area contributed by atoms with Gasteiger partial charge >= 0.3 is 0 Å². The second-order valence-corrected chi connectivity index (χ2v) is 8.27. The predicted molar refractivity (Wildman–Crippen MR) is 82.1 cm³/mol. The minimum atomic E-state index is -3.21. The van der Waals surface area contributed by atoms with Crippen molar-refractivity contribution in [2.75, 3.05) is 31.9 Å². The van der Waals surface area contributed by atoms with Crippen molar-refractivity contribution in [2.45, 2.75) is 38.5 Å². The number of hydrogen-bond donors (Lipinski definition) is 2. The molecule has 1 saturated carbocycles. The quantitative estimate of drug-likeness (QED) is 0.706. The highest BCUT2D eigenvalue weighted by Gasteiger charge is 2.32. The molecule has 1 atom stereocenters. The van der Waals surface area contributed by atoms with E-state index in [9.17, 15) is 13.2 Å². The van der Waals surface area contributed by atoms with E-state index >= 15 is 0 Å². The van der Waals surface area contributed by atoms with E-state index in [4.69, 9.17) is 5.73 Å². The fraction of sp³-hybridized carbons (Fsp3) is 0.929. The van der Waals surface area contributed by atoms with Gasteiger partial charge < -0.3 is 11.1 Å². The molecule has 0 aromatic carbocycles. The Morgan fingerprint density at radius 3 is 2.62 bits per heavy atom. The molecule has 122 valence electrons. The highest BCUT2D eigenvalue weighted by molar-refractivity contribution is 7.89. The number of amides is 1. The molecule has 7 heteroatoms. The van der Waals surface area contributed by atoms with Crippen molar-refractivity contribution >= 4 is 15.9 Å². The number of carbonyl (C=O) groups excluding carboxylic acids is 1. The van der Waals surface area contributed by atoms with Crippen molar-refractivity contribution in [3.05, 3.63) is 0 Å². The molecule has 2 fully saturated rings. The molecule has 2 aliphatic rings. The van der Waals surface area contributed by atoms with E-state index in [1.54, 1.807) is 0 Å². The van der Waals surface area contributed by atoms with Gasteiger partial charge in [0.25, 0.3) is 0 Å². The van der Waals surface area contributed by atoms with Crippen LogP contribution < -0.4 is 11.1 Å². The van der Waals surface area contributed by atoms with Crippen LogP contribution in [0, 0.1) is 11.8 Å². The second-order valence-electron chi connectivity index (χ2n) is 6.18. The van der Waals surface area contributed by atoms with E-state index in [1.807, 2.05) is 0 Å². The van der Waals surface area contributed by atoms with Crippen molar-refractivity contribution in [3.8, 4) is 0 Å². The molecule has 0 bridgehead atoms. The van der Waals surface area contributed by atoms with Crippen LogP contribution in [0.1, 0.15) is 38.5 Å². The van der Waals surface area contributed by atoms with Crippen LogP contribution in [-0.2, 0) is 14.8 Å². The molecular weight excluding hydrogens is 290 g/mol. The molecule has 1 heterocycles. The predicted octanol–water partition coefficient (Wildman–Crippen LogP) is 0.293. The zero-order valence-corrected chi connectivity index (χ0v) is 13.4. The summed E-state index contributed by atoms with van der Waals surface area (Å²) in [4.78, 5) is 12.0. The molecule has 0 aromatic rings. The Morgan fingerprint density at radius 2 is 2.00 bits per heavy atom. The van der Waals surface area contributed by atoms with Crippen LogP contribution in [0.3, 0.4) is 0 Å². The molecule has 2 rings (SSSR count). The summed E-state index contributed by atoms with van der Waals surface area (Å²) < 4.78 is 26.3. The Balaban J connectivity index is 1.85. The van der Waals surface area contributed by atoms with Gasteiger partial charge in [-0.2, -0.15) is 0 Å². The lowest BCUT2D eigenvalue weighted by molar-refractivity contribution is -0.126. The Bertz CT molecular complexity index is 448. The summed E-state index contributed by atoms with van der Waals surface area (Å²) >= 11 is 0. The molecule has 1 saturated heterocycles. The zero-order valence-electron chi connectivity index (χ0n) is 12.6. The SMILES string of the molecule is NCCNC(=O)C1CCCN(S(=O)(=O)CCC2CCC2)C1. The number of carbonyl (C=O) groups is 1. The van der Waals surface area contributed by atoms with Crippen LogP contribution >= 0.6 is 0 Å². The first-order chi connectivity index (χ1) is 10.0. The van der Waals surface area contributed by atoms with Gasteiger partial charge in [-0.15, -0.1) is 0 Å². The molecule has 0 aromatic heterocycles. The van der Waals surface area contributed by atoms with Gasteiger partial charge in [0.1, 0.15) is 0 Å². The number of hydrogen-bond acceptors (Lipinski definition) is 4. The lowest BCUT2D eigenvalue weighted by atomic mass is 9.84. The van der Waals surface area contributed by atoms with Gasteiger partial charge in [0.2, 0.25) is 15.9 Å². The smallest absolute Gasteiger partial charge is 0.224 e. The third kappa shape index (κ3) is 4.66. The van der Waals surface area contributed by atoms with Crippen LogP contribution in [0.5, 0.6) is 0 Å². The van der Waals surface area contributed by atoms with Crippen LogP contribution in [0.4, 0.5) is 0 Å². The maximum absolute atomic E-state index is 12.4. The molecule has 6 nitrogen and oxygen atoms in total. The van der Waals surface area contributed by atoms with E-state index in [2.05, 4.69) is 5.32 Å². The first-order valence-corrected chi connectivity index (χ1v) is 9.59. The third-order valence-corrected chi connectivity index (χ3v) is 6.47. The Hall–Kier alpha value is -0.660. The Kier molecular flexibility index (Phi) is 6.01. The maximum Gasteiger partial charge on any atom is 0.224 e. The van der Waals surface area contributed by atoms with Gasteiger partial charge in [-0.05, 0) is 25.2 Å². The first-order valence-electron chi connectivity index (χ1n) is 7.98. The van der Waals surface area contributed by atoms with Gasteiger partial charge in [-0.1, -0.05) is 19.3 Å². The van der Waals surface area contributed by atoms with Crippen LogP contribution in [0.15, 0.2) is 0 Å². The number of rotatable bonds is 7. The lowest BCUT2D eigenvalue weighted by Gasteiger charge is -2.32. The van der Waals surface area contributed by atoms with Crippen molar-refractivity contribution < 1.29 is 13.2 Å². The number of nitrogens with one attached hydrogen (secondary N) is 1. The molecule has 1 unspecified atom stereocenters. The summed E-state index contributed by atoms with van der Waals surface area (Å²) in [5.41, 5.74) is 5.37. The van der Waals surface area contributed by atoms with Gasteiger partial charge in [0.15, 0.2) is 0 Å².